The highest BCUT2D eigenvalue weighted by Gasteiger charge is 2.15. The molecule has 0 atom stereocenters. The van der Waals surface area contributed by atoms with E-state index in [2.05, 4.69) is 0 Å². The number of fused-ring (bicyclic) bond motifs is 1. The Morgan fingerprint density at radius 3 is 1.30 bits per heavy atom. The lowest BCUT2D eigenvalue weighted by Crippen LogP contribution is -2.13. The third-order valence-corrected chi connectivity index (χ3v) is 9.61. The van der Waals surface area contributed by atoms with Gasteiger partial charge in [-0.2, -0.15) is 0 Å². The van der Waals surface area contributed by atoms with E-state index in [1.807, 2.05) is 12.1 Å². The van der Waals surface area contributed by atoms with Crippen molar-refractivity contribution >= 4 is 46.9 Å². The summed E-state index contributed by atoms with van der Waals surface area (Å²) in [5.74, 6) is 0.862. The van der Waals surface area contributed by atoms with Crippen molar-refractivity contribution in [2.45, 2.75) is 0 Å². The van der Waals surface area contributed by atoms with E-state index >= 15 is 0 Å². The number of ether oxygens (including phenoxy) is 9. The third-order valence-electron chi connectivity index (χ3n) is 9.61. The Labute approximate surface area is 381 Å². The molecule has 0 aliphatic rings. The molecule has 0 aliphatic heterocycles. The van der Waals surface area contributed by atoms with Crippen LogP contribution in [0.5, 0.6) is 46.0 Å². The monoisotopic (exact) mass is 896 g/mol. The molecule has 2 N–H and O–H groups in total. The number of methoxy groups -OCH3 is 3. The number of carbonyl (C=O) groups is 3. The summed E-state index contributed by atoms with van der Waals surface area (Å²) in [5, 5.41) is 22.6. The zero-order valence-electron chi connectivity index (χ0n) is 36.5. The van der Waals surface area contributed by atoms with Crippen molar-refractivity contribution in [2.24, 2.45) is 0 Å². The number of aromatic hydroxyl groups is 2. The number of hydrogen-bond donors (Lipinski definition) is 2. The second-order valence-corrected chi connectivity index (χ2v) is 14.1. The van der Waals surface area contributed by atoms with Crippen molar-refractivity contribution in [3.63, 3.8) is 0 Å². The van der Waals surface area contributed by atoms with Gasteiger partial charge in [0.05, 0.1) is 26.7 Å². The SMILES string of the molecule is COc1ccc(C=CC(=O)OCCOc2cc(O)c3c(O)cc(-c4ccc(OCCOC(=O)C=Cc5ccc(OC)cc5)c(OCCOC(=O)C=Cc5ccc(OC)cc5)c4)cc3c2)cc1. The smallest absolute Gasteiger partial charge is 0.330 e. The van der Waals surface area contributed by atoms with Crippen LogP contribution in [0.1, 0.15) is 16.7 Å². The van der Waals surface area contributed by atoms with Gasteiger partial charge in [-0.25, -0.2) is 14.4 Å². The number of carbonyl (C=O) groups excluding carboxylic acids is 3. The number of phenols is 2. The molecular weight excluding hydrogens is 849 g/mol. The molecule has 6 aromatic rings. The van der Waals surface area contributed by atoms with Gasteiger partial charge in [0.15, 0.2) is 11.5 Å². The number of esters is 3. The molecule has 14 nitrogen and oxygen atoms in total. The van der Waals surface area contributed by atoms with Crippen molar-refractivity contribution in [1.29, 1.82) is 0 Å². The minimum Gasteiger partial charge on any atom is -0.507 e. The normalized spacial score (nSPS) is 11.1. The van der Waals surface area contributed by atoms with Crippen LogP contribution in [0.25, 0.3) is 40.1 Å². The van der Waals surface area contributed by atoms with Gasteiger partial charge in [0, 0.05) is 24.3 Å². The molecule has 0 aliphatic carbocycles. The molecule has 14 heteroatoms. The van der Waals surface area contributed by atoms with Crippen LogP contribution in [-0.2, 0) is 28.6 Å². The van der Waals surface area contributed by atoms with E-state index < -0.39 is 17.9 Å². The minimum atomic E-state index is -0.570. The maximum atomic E-state index is 12.5. The van der Waals surface area contributed by atoms with Crippen LogP contribution < -0.4 is 28.4 Å². The zero-order chi connectivity index (χ0) is 46.7. The van der Waals surface area contributed by atoms with Gasteiger partial charge in [-0.05, 0) is 118 Å². The first-order valence-corrected chi connectivity index (χ1v) is 20.6. The van der Waals surface area contributed by atoms with Crippen LogP contribution in [0.3, 0.4) is 0 Å². The van der Waals surface area contributed by atoms with E-state index in [-0.39, 0.29) is 68.0 Å². The average molecular weight is 897 g/mol. The quantitative estimate of drug-likeness (QED) is 0.0286. The molecule has 0 radical (unpaired) electrons. The van der Waals surface area contributed by atoms with Crippen LogP contribution in [0.2, 0.25) is 0 Å². The summed E-state index contributed by atoms with van der Waals surface area (Å²) in [5.41, 5.74) is 3.53. The first-order chi connectivity index (χ1) is 32.1. The Kier molecular flexibility index (Phi) is 17.0. The summed E-state index contributed by atoms with van der Waals surface area (Å²) < 4.78 is 49.3. The molecule has 0 fully saturated rings. The second-order valence-electron chi connectivity index (χ2n) is 14.1. The van der Waals surface area contributed by atoms with Gasteiger partial charge in [0.25, 0.3) is 0 Å². The molecule has 0 saturated carbocycles. The number of hydrogen-bond acceptors (Lipinski definition) is 14. The lowest BCUT2D eigenvalue weighted by Gasteiger charge is -2.15. The van der Waals surface area contributed by atoms with E-state index in [1.165, 1.54) is 30.4 Å². The van der Waals surface area contributed by atoms with Gasteiger partial charge in [0.2, 0.25) is 0 Å². The first-order valence-electron chi connectivity index (χ1n) is 20.6. The lowest BCUT2D eigenvalue weighted by molar-refractivity contribution is -0.139. The number of phenolic OH excluding ortho intramolecular Hbond substituents is 2. The summed E-state index contributed by atoms with van der Waals surface area (Å²) in [6, 6.07) is 32.9. The van der Waals surface area contributed by atoms with Gasteiger partial charge >= 0.3 is 17.9 Å². The van der Waals surface area contributed by atoms with Crippen molar-refractivity contribution in [1.82, 2.24) is 0 Å². The second kappa shape index (κ2) is 23.9. The third kappa shape index (κ3) is 14.1. The van der Waals surface area contributed by atoms with Crippen molar-refractivity contribution < 1.29 is 67.2 Å². The summed E-state index contributed by atoms with van der Waals surface area (Å²) in [6.45, 7) is -0.278. The van der Waals surface area contributed by atoms with Gasteiger partial charge < -0.3 is 52.8 Å². The predicted molar refractivity (Wildman–Crippen MR) is 248 cm³/mol. The Morgan fingerprint density at radius 2 is 0.848 bits per heavy atom. The molecular formula is C52H48O14. The standard InChI is InChI=1S/C52H48O14/c1-58-41-14-4-35(5-15-41)10-21-49(55)64-27-24-61-44-31-40-30-39(32-45(53)52(40)46(54)34-44)38-13-20-47(62-25-28-65-50(56)22-11-36-6-16-42(59-2)17-7-36)48(33-38)63-26-29-66-51(57)23-12-37-8-18-43(60-3)19-9-37/h4-23,30-34,53-54H,24-29H2,1-3H3. The highest BCUT2D eigenvalue weighted by atomic mass is 16.6. The van der Waals surface area contributed by atoms with E-state index in [1.54, 1.807) is 131 Å². The van der Waals surface area contributed by atoms with Crippen LogP contribution >= 0.6 is 0 Å². The number of rotatable bonds is 22. The van der Waals surface area contributed by atoms with Gasteiger partial charge in [-0.15, -0.1) is 0 Å². The molecule has 0 bridgehead atoms. The first kappa shape index (κ1) is 47.1. The van der Waals surface area contributed by atoms with Crippen molar-refractivity contribution in [3.8, 4) is 57.1 Å². The van der Waals surface area contributed by atoms with Crippen molar-refractivity contribution in [3.05, 3.63) is 150 Å². The molecule has 66 heavy (non-hydrogen) atoms. The molecule has 340 valence electrons. The molecule has 0 aromatic heterocycles. The van der Waals surface area contributed by atoms with E-state index in [4.69, 9.17) is 42.6 Å². The fourth-order valence-corrected chi connectivity index (χ4v) is 6.28. The van der Waals surface area contributed by atoms with Crippen LogP contribution in [0.15, 0.2) is 133 Å². The predicted octanol–water partition coefficient (Wildman–Crippen LogP) is 8.85. The molecule has 0 spiro atoms. The molecule has 6 rings (SSSR count). The average Bonchev–Trinajstić information content (AvgIpc) is 3.34. The Bertz CT molecular complexity index is 2670. The Morgan fingerprint density at radius 1 is 0.424 bits per heavy atom. The highest BCUT2D eigenvalue weighted by molar-refractivity contribution is 5.98. The molecule has 0 unspecified atom stereocenters. The summed E-state index contributed by atoms with van der Waals surface area (Å²) in [4.78, 5) is 37.1. The van der Waals surface area contributed by atoms with Crippen molar-refractivity contribution in [2.75, 3.05) is 61.0 Å². The van der Waals surface area contributed by atoms with Crippen LogP contribution in [0, 0.1) is 0 Å². The fourth-order valence-electron chi connectivity index (χ4n) is 6.28. The largest absolute Gasteiger partial charge is 0.507 e. The maximum Gasteiger partial charge on any atom is 0.330 e. The Balaban J connectivity index is 1.10. The Hall–Kier alpha value is -8.39. The molecule has 0 amide bonds. The highest BCUT2D eigenvalue weighted by Crippen LogP contribution is 2.41. The fraction of sp³-hybridized carbons (Fsp3) is 0.173. The zero-order valence-corrected chi connectivity index (χ0v) is 36.5. The summed E-state index contributed by atoms with van der Waals surface area (Å²) in [6.07, 6.45) is 8.80. The van der Waals surface area contributed by atoms with E-state index in [0.29, 0.717) is 39.5 Å². The van der Waals surface area contributed by atoms with Crippen LogP contribution in [0.4, 0.5) is 0 Å². The topological polar surface area (TPSA) is 175 Å². The van der Waals surface area contributed by atoms with E-state index in [9.17, 15) is 24.6 Å². The summed E-state index contributed by atoms with van der Waals surface area (Å²) >= 11 is 0. The van der Waals surface area contributed by atoms with E-state index in [0.717, 1.165) is 16.7 Å². The molecule has 6 aromatic carbocycles. The van der Waals surface area contributed by atoms with Gasteiger partial charge in [-0.3, -0.25) is 0 Å². The van der Waals surface area contributed by atoms with Crippen LogP contribution in [-0.4, -0.2) is 89.1 Å². The lowest BCUT2D eigenvalue weighted by atomic mass is 9.99. The minimum absolute atomic E-state index is 0.00520. The summed E-state index contributed by atoms with van der Waals surface area (Å²) in [7, 11) is 4.72. The number of benzene rings is 6. The van der Waals surface area contributed by atoms with Gasteiger partial charge in [-0.1, -0.05) is 42.5 Å². The molecule has 0 heterocycles. The molecule has 0 saturated heterocycles. The maximum absolute atomic E-state index is 12.5. The van der Waals surface area contributed by atoms with Gasteiger partial charge in [0.1, 0.15) is 74.1 Å².